The van der Waals surface area contributed by atoms with Crippen LogP contribution < -0.4 is 10.5 Å². The summed E-state index contributed by atoms with van der Waals surface area (Å²) in [6.07, 6.45) is 2.40. The monoisotopic (exact) mass is 444 g/mol. The number of benzene rings is 3. The van der Waals surface area contributed by atoms with Crippen LogP contribution in [0.15, 0.2) is 72.8 Å². The molecule has 33 heavy (non-hydrogen) atoms. The average Bonchev–Trinajstić information content (AvgIpc) is 3.50. The van der Waals surface area contributed by atoms with Crippen molar-refractivity contribution in [2.45, 2.75) is 24.7 Å². The first kappa shape index (κ1) is 21.7. The van der Waals surface area contributed by atoms with Crippen molar-refractivity contribution in [3.63, 3.8) is 0 Å². The van der Waals surface area contributed by atoms with Gasteiger partial charge in [0.2, 0.25) is 5.91 Å². The molecular weight excluding hydrogens is 415 g/mol. The van der Waals surface area contributed by atoms with Crippen LogP contribution in [0.3, 0.4) is 0 Å². The lowest BCUT2D eigenvalue weighted by atomic mass is 9.64. The van der Waals surface area contributed by atoms with Crippen molar-refractivity contribution in [2.75, 3.05) is 26.2 Å². The first-order chi connectivity index (χ1) is 16.1. The Balaban J connectivity index is 1.39. The fraction of sp³-hybridized carbons (Fsp3) is 0.321. The zero-order valence-corrected chi connectivity index (χ0v) is 18.7. The summed E-state index contributed by atoms with van der Waals surface area (Å²) in [5, 5.41) is 0. The Morgan fingerprint density at radius 2 is 1.73 bits per heavy atom. The van der Waals surface area contributed by atoms with Gasteiger partial charge in [-0.25, -0.2) is 4.39 Å². The Labute approximate surface area is 194 Å². The van der Waals surface area contributed by atoms with Gasteiger partial charge in [-0.2, -0.15) is 0 Å². The number of rotatable bonds is 7. The van der Waals surface area contributed by atoms with Gasteiger partial charge < -0.3 is 15.4 Å². The first-order valence-electron chi connectivity index (χ1n) is 11.7. The topological polar surface area (TPSA) is 55.6 Å². The van der Waals surface area contributed by atoms with Crippen LogP contribution in [-0.4, -0.2) is 37.0 Å². The molecule has 2 aliphatic rings. The first-order valence-corrected chi connectivity index (χ1v) is 11.7. The van der Waals surface area contributed by atoms with Crippen LogP contribution >= 0.6 is 0 Å². The van der Waals surface area contributed by atoms with Crippen LogP contribution in [0.5, 0.6) is 5.75 Å². The molecule has 3 aromatic carbocycles. The smallest absolute Gasteiger partial charge is 0.232 e. The highest BCUT2D eigenvalue weighted by atomic mass is 19.1. The number of carbonyl (C=O) groups excluding carboxylic acids is 1. The molecular formula is C28H29FN2O2. The molecule has 1 fully saturated rings. The SMILES string of the molecule is NC(=O)C(c1ccccc1)(c1ccccc1)C1CCN(CCc2cc(F)c3c(c2)CCO3)C1. The summed E-state index contributed by atoms with van der Waals surface area (Å²) >= 11 is 0. The molecule has 2 N–H and O–H groups in total. The Kier molecular flexibility index (Phi) is 5.90. The van der Waals surface area contributed by atoms with Crippen molar-refractivity contribution in [3.8, 4) is 5.75 Å². The summed E-state index contributed by atoms with van der Waals surface area (Å²) < 4.78 is 19.7. The maximum absolute atomic E-state index is 14.3. The Morgan fingerprint density at radius 3 is 2.36 bits per heavy atom. The molecule has 1 unspecified atom stereocenters. The molecule has 170 valence electrons. The van der Waals surface area contributed by atoms with Gasteiger partial charge in [-0.05, 0) is 48.1 Å². The van der Waals surface area contributed by atoms with E-state index in [0.717, 1.165) is 61.2 Å². The van der Waals surface area contributed by atoms with Crippen LogP contribution in [0.4, 0.5) is 4.39 Å². The number of nitrogens with two attached hydrogens (primary N) is 1. The maximum atomic E-state index is 14.3. The van der Waals surface area contributed by atoms with Crippen LogP contribution in [0.25, 0.3) is 0 Å². The number of likely N-dealkylation sites (tertiary alicyclic amines) is 1. The molecule has 0 bridgehead atoms. The molecule has 1 amide bonds. The van der Waals surface area contributed by atoms with E-state index in [0.29, 0.717) is 12.4 Å². The normalized spacial score (nSPS) is 18.2. The van der Waals surface area contributed by atoms with E-state index in [9.17, 15) is 9.18 Å². The molecule has 2 heterocycles. The van der Waals surface area contributed by atoms with Gasteiger partial charge in [-0.1, -0.05) is 66.7 Å². The lowest BCUT2D eigenvalue weighted by Gasteiger charge is -2.37. The molecule has 3 aromatic rings. The third kappa shape index (κ3) is 3.91. The van der Waals surface area contributed by atoms with Gasteiger partial charge in [0.25, 0.3) is 0 Å². The second-order valence-electron chi connectivity index (χ2n) is 9.10. The van der Waals surface area contributed by atoms with Gasteiger partial charge in [0.15, 0.2) is 11.6 Å². The Bertz CT molecular complexity index is 1090. The van der Waals surface area contributed by atoms with E-state index in [-0.39, 0.29) is 17.6 Å². The predicted octanol–water partition coefficient (Wildman–Crippen LogP) is 4.10. The van der Waals surface area contributed by atoms with Gasteiger partial charge in [0.05, 0.1) is 6.61 Å². The molecule has 1 saturated heterocycles. The lowest BCUT2D eigenvalue weighted by Crippen LogP contribution is -2.49. The number of amides is 1. The molecule has 5 rings (SSSR count). The van der Waals surface area contributed by atoms with Gasteiger partial charge >= 0.3 is 0 Å². The molecule has 0 aromatic heterocycles. The van der Waals surface area contributed by atoms with Crippen LogP contribution in [0, 0.1) is 11.7 Å². The fourth-order valence-corrected chi connectivity index (χ4v) is 5.67. The van der Waals surface area contributed by atoms with E-state index >= 15 is 0 Å². The number of hydrogen-bond acceptors (Lipinski definition) is 3. The summed E-state index contributed by atoms with van der Waals surface area (Å²) in [6, 6.07) is 23.5. The third-order valence-electron chi connectivity index (χ3n) is 7.25. The molecule has 4 nitrogen and oxygen atoms in total. The second-order valence-corrected chi connectivity index (χ2v) is 9.10. The van der Waals surface area contributed by atoms with Gasteiger partial charge in [-0.15, -0.1) is 0 Å². The van der Waals surface area contributed by atoms with E-state index in [2.05, 4.69) is 11.0 Å². The molecule has 5 heteroatoms. The largest absolute Gasteiger partial charge is 0.490 e. The predicted molar refractivity (Wildman–Crippen MR) is 127 cm³/mol. The zero-order chi connectivity index (χ0) is 22.8. The van der Waals surface area contributed by atoms with E-state index in [1.807, 2.05) is 60.7 Å². The number of primary amides is 1. The maximum Gasteiger partial charge on any atom is 0.232 e. The number of carbonyl (C=O) groups is 1. The fourth-order valence-electron chi connectivity index (χ4n) is 5.67. The van der Waals surface area contributed by atoms with Gasteiger partial charge in [0, 0.05) is 25.1 Å². The summed E-state index contributed by atoms with van der Waals surface area (Å²) in [5.74, 6) is -0.102. The minimum atomic E-state index is -0.881. The zero-order valence-electron chi connectivity index (χ0n) is 18.7. The number of hydrogen-bond donors (Lipinski definition) is 1. The minimum Gasteiger partial charge on any atom is -0.490 e. The highest BCUT2D eigenvalue weighted by Gasteiger charge is 2.49. The van der Waals surface area contributed by atoms with E-state index in [1.165, 1.54) is 0 Å². The van der Waals surface area contributed by atoms with Crippen molar-refractivity contribution in [2.24, 2.45) is 11.7 Å². The Morgan fingerprint density at radius 1 is 1.06 bits per heavy atom. The molecule has 0 aliphatic carbocycles. The molecule has 2 aliphatic heterocycles. The van der Waals surface area contributed by atoms with Gasteiger partial charge in [0.1, 0.15) is 5.41 Å². The summed E-state index contributed by atoms with van der Waals surface area (Å²) in [4.78, 5) is 15.6. The quantitative estimate of drug-likeness (QED) is 0.597. The van der Waals surface area contributed by atoms with Gasteiger partial charge in [-0.3, -0.25) is 4.79 Å². The third-order valence-corrected chi connectivity index (χ3v) is 7.25. The number of halogens is 1. The highest BCUT2D eigenvalue weighted by Crippen LogP contribution is 2.43. The summed E-state index contributed by atoms with van der Waals surface area (Å²) in [6.45, 7) is 3.02. The summed E-state index contributed by atoms with van der Waals surface area (Å²) in [7, 11) is 0. The van der Waals surface area contributed by atoms with E-state index < -0.39 is 5.41 Å². The van der Waals surface area contributed by atoms with Crippen molar-refractivity contribution in [1.29, 1.82) is 0 Å². The second kappa shape index (κ2) is 8.99. The van der Waals surface area contributed by atoms with Crippen molar-refractivity contribution >= 4 is 5.91 Å². The van der Waals surface area contributed by atoms with Crippen LogP contribution in [0.1, 0.15) is 28.7 Å². The average molecular weight is 445 g/mol. The lowest BCUT2D eigenvalue weighted by molar-refractivity contribution is -0.123. The van der Waals surface area contributed by atoms with Crippen LogP contribution in [-0.2, 0) is 23.1 Å². The Hall–Kier alpha value is -3.18. The number of ether oxygens (including phenoxy) is 1. The number of nitrogens with zero attached hydrogens (tertiary/aromatic N) is 1. The van der Waals surface area contributed by atoms with E-state index in [1.54, 1.807) is 6.07 Å². The molecule has 0 radical (unpaired) electrons. The van der Waals surface area contributed by atoms with Crippen molar-refractivity contribution < 1.29 is 13.9 Å². The van der Waals surface area contributed by atoms with Crippen LogP contribution in [0.2, 0.25) is 0 Å². The van der Waals surface area contributed by atoms with E-state index in [4.69, 9.17) is 10.5 Å². The molecule has 0 saturated carbocycles. The summed E-state index contributed by atoms with van der Waals surface area (Å²) in [5.41, 5.74) is 9.14. The standard InChI is InChI=1S/C28H29FN2O2/c29-25-18-20(17-21-13-16-33-26(21)25)11-14-31-15-12-24(19-31)28(27(30)32,22-7-3-1-4-8-22)23-9-5-2-6-10-23/h1-10,17-18,24H,11-16,19H2,(H2,30,32). The van der Waals surface area contributed by atoms with Crippen molar-refractivity contribution in [3.05, 3.63) is 101 Å². The molecule has 0 spiro atoms. The highest BCUT2D eigenvalue weighted by molar-refractivity contribution is 5.91. The minimum absolute atomic E-state index is 0.0601. The molecule has 1 atom stereocenters. The van der Waals surface area contributed by atoms with Crippen molar-refractivity contribution in [1.82, 2.24) is 4.90 Å². The number of fused-ring (bicyclic) bond motifs is 1.